The first-order chi connectivity index (χ1) is 8.22. The summed E-state index contributed by atoms with van der Waals surface area (Å²) in [7, 11) is 1.92. The Morgan fingerprint density at radius 3 is 2.94 bits per heavy atom. The van der Waals surface area contributed by atoms with Crippen LogP contribution >= 0.6 is 27.7 Å². The Kier molecular flexibility index (Phi) is 4.88. The summed E-state index contributed by atoms with van der Waals surface area (Å²) in [5.74, 6) is 1.08. The Hall–Kier alpha value is -0.0600. The van der Waals surface area contributed by atoms with Crippen LogP contribution in [0.25, 0.3) is 0 Å². The molecule has 1 aliphatic heterocycles. The second-order valence-electron chi connectivity index (χ2n) is 4.34. The van der Waals surface area contributed by atoms with Crippen LogP contribution in [-0.2, 0) is 0 Å². The lowest BCUT2D eigenvalue weighted by molar-refractivity contribution is 0.489. The maximum atomic E-state index is 13.9. The van der Waals surface area contributed by atoms with Crippen molar-refractivity contribution in [2.75, 3.05) is 12.8 Å². The molecular weight excluding hydrogens is 301 g/mol. The fourth-order valence-electron chi connectivity index (χ4n) is 2.32. The number of rotatable bonds is 3. The summed E-state index contributed by atoms with van der Waals surface area (Å²) < 4.78 is 14.8. The molecule has 94 valence electrons. The Bertz CT molecular complexity index is 380. The van der Waals surface area contributed by atoms with Gasteiger partial charge in [-0.15, -0.1) is 0 Å². The molecule has 0 spiro atoms. The Morgan fingerprint density at radius 1 is 1.47 bits per heavy atom. The van der Waals surface area contributed by atoms with Crippen LogP contribution in [0.4, 0.5) is 4.39 Å². The van der Waals surface area contributed by atoms with Crippen molar-refractivity contribution < 1.29 is 4.39 Å². The summed E-state index contributed by atoms with van der Waals surface area (Å²) >= 11 is 5.38. The minimum atomic E-state index is -0.112. The van der Waals surface area contributed by atoms with Gasteiger partial charge in [-0.3, -0.25) is 0 Å². The van der Waals surface area contributed by atoms with E-state index in [1.54, 1.807) is 6.07 Å². The molecule has 1 aromatic carbocycles. The topological polar surface area (TPSA) is 12.0 Å². The fraction of sp³-hybridized carbons (Fsp3) is 0.538. The Morgan fingerprint density at radius 2 is 2.29 bits per heavy atom. The molecule has 2 rings (SSSR count). The van der Waals surface area contributed by atoms with Crippen molar-refractivity contribution in [2.24, 2.45) is 0 Å². The molecular formula is C13H17BrFNS. The van der Waals surface area contributed by atoms with Crippen LogP contribution in [0, 0.1) is 5.82 Å². The lowest BCUT2D eigenvalue weighted by Gasteiger charge is -2.30. The van der Waals surface area contributed by atoms with E-state index >= 15 is 0 Å². The van der Waals surface area contributed by atoms with Gasteiger partial charge in [0.15, 0.2) is 0 Å². The van der Waals surface area contributed by atoms with E-state index in [4.69, 9.17) is 0 Å². The van der Waals surface area contributed by atoms with E-state index in [-0.39, 0.29) is 11.9 Å². The van der Waals surface area contributed by atoms with E-state index in [1.165, 1.54) is 31.1 Å². The molecule has 1 fully saturated rings. The van der Waals surface area contributed by atoms with Crippen molar-refractivity contribution in [2.45, 2.75) is 30.6 Å². The zero-order valence-electron chi connectivity index (χ0n) is 9.88. The number of benzene rings is 1. The molecule has 1 aliphatic rings. The predicted molar refractivity (Wildman–Crippen MR) is 76.0 cm³/mol. The average Bonchev–Trinajstić information content (AvgIpc) is 2.36. The maximum Gasteiger partial charge on any atom is 0.128 e. The molecule has 2 atom stereocenters. The van der Waals surface area contributed by atoms with Crippen molar-refractivity contribution in [3.8, 4) is 0 Å². The van der Waals surface area contributed by atoms with Gasteiger partial charge in [0.2, 0.25) is 0 Å². The maximum absolute atomic E-state index is 13.9. The van der Waals surface area contributed by atoms with E-state index in [0.717, 1.165) is 10.0 Å². The van der Waals surface area contributed by atoms with E-state index in [9.17, 15) is 4.39 Å². The van der Waals surface area contributed by atoms with Crippen LogP contribution in [0.5, 0.6) is 0 Å². The summed E-state index contributed by atoms with van der Waals surface area (Å²) in [5.41, 5.74) is 0.779. The number of nitrogens with one attached hydrogen (secondary N) is 1. The predicted octanol–water partition coefficient (Wildman–Crippen LogP) is 4.13. The van der Waals surface area contributed by atoms with Gasteiger partial charge in [0.05, 0.1) is 0 Å². The van der Waals surface area contributed by atoms with Crippen molar-refractivity contribution in [3.63, 3.8) is 0 Å². The molecule has 1 saturated heterocycles. The molecule has 1 heterocycles. The Labute approximate surface area is 115 Å². The van der Waals surface area contributed by atoms with Gasteiger partial charge in [0.1, 0.15) is 5.82 Å². The van der Waals surface area contributed by atoms with Gasteiger partial charge in [0.25, 0.3) is 0 Å². The first-order valence-corrected chi connectivity index (χ1v) is 7.80. The summed E-state index contributed by atoms with van der Waals surface area (Å²) in [6, 6.07) is 5.29. The van der Waals surface area contributed by atoms with E-state index in [1.807, 2.05) is 24.9 Å². The summed E-state index contributed by atoms with van der Waals surface area (Å²) in [6.07, 6.45) is 3.71. The third-order valence-corrected chi connectivity index (χ3v) is 5.14. The number of halogens is 2. The van der Waals surface area contributed by atoms with Crippen LogP contribution in [0.1, 0.15) is 30.9 Å². The fourth-order valence-corrected chi connectivity index (χ4v) is 4.18. The number of hydrogen-bond donors (Lipinski definition) is 1. The first kappa shape index (κ1) is 13.4. The number of hydrogen-bond acceptors (Lipinski definition) is 2. The Balaban J connectivity index is 2.24. The molecule has 4 heteroatoms. The van der Waals surface area contributed by atoms with Crippen LogP contribution in [-0.4, -0.2) is 18.1 Å². The van der Waals surface area contributed by atoms with Crippen LogP contribution in [0.2, 0.25) is 0 Å². The van der Waals surface area contributed by atoms with Crippen molar-refractivity contribution >= 4 is 27.7 Å². The van der Waals surface area contributed by atoms with Crippen LogP contribution in [0.3, 0.4) is 0 Å². The van der Waals surface area contributed by atoms with Crippen molar-refractivity contribution in [1.29, 1.82) is 0 Å². The van der Waals surface area contributed by atoms with E-state index < -0.39 is 0 Å². The van der Waals surface area contributed by atoms with Gasteiger partial charge >= 0.3 is 0 Å². The SMILES string of the molecule is CNC(c1cc(Br)ccc1F)C1CCCCS1. The minimum absolute atomic E-state index is 0.109. The zero-order chi connectivity index (χ0) is 12.3. The largest absolute Gasteiger partial charge is 0.312 e. The molecule has 0 amide bonds. The molecule has 1 aromatic rings. The van der Waals surface area contributed by atoms with Crippen molar-refractivity contribution in [3.05, 3.63) is 34.1 Å². The summed E-state index contributed by atoms with van der Waals surface area (Å²) in [4.78, 5) is 0. The average molecular weight is 318 g/mol. The van der Waals surface area contributed by atoms with Crippen LogP contribution in [0.15, 0.2) is 22.7 Å². The lowest BCUT2D eigenvalue weighted by atomic mass is 9.99. The van der Waals surface area contributed by atoms with Crippen LogP contribution < -0.4 is 5.32 Å². The third-order valence-electron chi connectivity index (χ3n) is 3.19. The third kappa shape index (κ3) is 3.24. The first-order valence-electron chi connectivity index (χ1n) is 5.96. The van der Waals surface area contributed by atoms with E-state index in [0.29, 0.717) is 5.25 Å². The molecule has 0 bridgehead atoms. The van der Waals surface area contributed by atoms with Gasteiger partial charge in [0, 0.05) is 21.3 Å². The molecule has 0 aromatic heterocycles. The van der Waals surface area contributed by atoms with E-state index in [2.05, 4.69) is 21.2 Å². The molecule has 17 heavy (non-hydrogen) atoms. The lowest BCUT2D eigenvalue weighted by Crippen LogP contribution is -2.30. The quantitative estimate of drug-likeness (QED) is 0.899. The number of thioether (sulfide) groups is 1. The molecule has 0 saturated carbocycles. The zero-order valence-corrected chi connectivity index (χ0v) is 12.3. The highest BCUT2D eigenvalue weighted by molar-refractivity contribution is 9.10. The molecule has 0 radical (unpaired) electrons. The molecule has 1 N–H and O–H groups in total. The normalized spacial score (nSPS) is 22.4. The standard InChI is InChI=1S/C13H17BrFNS/c1-16-13(12-4-2-3-7-17-12)10-8-9(14)5-6-11(10)15/h5-6,8,12-13,16H,2-4,7H2,1H3. The monoisotopic (exact) mass is 317 g/mol. The van der Waals surface area contributed by atoms with Gasteiger partial charge in [-0.2, -0.15) is 11.8 Å². The smallest absolute Gasteiger partial charge is 0.128 e. The second kappa shape index (κ2) is 6.21. The van der Waals surface area contributed by atoms with Crippen molar-refractivity contribution in [1.82, 2.24) is 5.32 Å². The van der Waals surface area contributed by atoms with Gasteiger partial charge in [-0.1, -0.05) is 22.4 Å². The summed E-state index contributed by atoms with van der Waals surface area (Å²) in [5, 5.41) is 3.76. The highest BCUT2D eigenvalue weighted by atomic mass is 79.9. The highest BCUT2D eigenvalue weighted by Gasteiger charge is 2.26. The minimum Gasteiger partial charge on any atom is -0.312 e. The highest BCUT2D eigenvalue weighted by Crippen LogP contribution is 2.36. The molecule has 1 nitrogen and oxygen atoms in total. The van der Waals surface area contributed by atoms with Gasteiger partial charge in [-0.25, -0.2) is 4.39 Å². The molecule has 2 unspecified atom stereocenters. The molecule has 0 aliphatic carbocycles. The van der Waals surface area contributed by atoms with Gasteiger partial charge in [-0.05, 0) is 43.8 Å². The summed E-state index contributed by atoms with van der Waals surface area (Å²) in [6.45, 7) is 0. The van der Waals surface area contributed by atoms with Gasteiger partial charge < -0.3 is 5.32 Å². The second-order valence-corrected chi connectivity index (χ2v) is 6.60.